The lowest BCUT2D eigenvalue weighted by Crippen LogP contribution is -2.64. The summed E-state index contributed by atoms with van der Waals surface area (Å²) in [5, 5.41) is 11.9. The second-order valence-electron chi connectivity index (χ2n) is 6.86. The number of carbonyl (C=O) groups is 2. The number of ether oxygens (including phenoxy) is 1. The van der Waals surface area contributed by atoms with Crippen molar-refractivity contribution >= 4 is 12.1 Å². The number of rotatable bonds is 3. The molecule has 2 fully saturated rings. The van der Waals surface area contributed by atoms with E-state index in [0.29, 0.717) is 11.8 Å². The molecule has 0 saturated heterocycles. The minimum Gasteiger partial charge on any atom is -0.481 e. The Morgan fingerprint density at radius 3 is 2.58 bits per heavy atom. The Morgan fingerprint density at radius 1 is 1.37 bits per heavy atom. The van der Waals surface area contributed by atoms with E-state index in [1.807, 2.05) is 0 Å². The zero-order chi connectivity index (χ0) is 14.3. The first-order valence-electron chi connectivity index (χ1n) is 6.95. The van der Waals surface area contributed by atoms with Gasteiger partial charge in [-0.1, -0.05) is 6.42 Å². The lowest BCUT2D eigenvalue weighted by atomic mass is 9.59. The van der Waals surface area contributed by atoms with E-state index in [-0.39, 0.29) is 6.42 Å². The molecule has 2 N–H and O–H groups in total. The third kappa shape index (κ3) is 3.01. The minimum atomic E-state index is -0.860. The normalized spacial score (nSPS) is 33.2. The van der Waals surface area contributed by atoms with Gasteiger partial charge in [-0.15, -0.1) is 0 Å². The number of hydrogen-bond acceptors (Lipinski definition) is 3. The highest BCUT2D eigenvalue weighted by atomic mass is 16.6. The molecule has 0 aromatic heterocycles. The van der Waals surface area contributed by atoms with Crippen molar-refractivity contribution in [2.45, 2.75) is 64.0 Å². The van der Waals surface area contributed by atoms with Gasteiger partial charge in [-0.2, -0.15) is 0 Å². The van der Waals surface area contributed by atoms with Crippen molar-refractivity contribution in [2.24, 2.45) is 11.8 Å². The summed E-state index contributed by atoms with van der Waals surface area (Å²) in [6.07, 6.45) is 3.55. The Bertz CT molecular complexity index is 387. The topological polar surface area (TPSA) is 75.6 Å². The van der Waals surface area contributed by atoms with Gasteiger partial charge in [0.2, 0.25) is 0 Å². The summed E-state index contributed by atoms with van der Waals surface area (Å²) in [7, 11) is 0. The van der Waals surface area contributed by atoms with Crippen molar-refractivity contribution in [3.63, 3.8) is 0 Å². The lowest BCUT2D eigenvalue weighted by molar-refractivity contribution is -0.142. The SMILES string of the molecule is CC(C)(C)OC(=O)NC1(CC(=O)O)C[C@H]2CCC[C@H]21. The molecule has 108 valence electrons. The smallest absolute Gasteiger partial charge is 0.408 e. The summed E-state index contributed by atoms with van der Waals surface area (Å²) < 4.78 is 5.26. The third-order valence-electron chi connectivity index (χ3n) is 4.21. The van der Waals surface area contributed by atoms with Gasteiger partial charge in [0.05, 0.1) is 12.0 Å². The van der Waals surface area contributed by atoms with Crippen LogP contribution in [0.5, 0.6) is 0 Å². The van der Waals surface area contributed by atoms with Crippen LogP contribution in [0.1, 0.15) is 52.9 Å². The largest absolute Gasteiger partial charge is 0.481 e. The predicted octanol–water partition coefficient (Wildman–Crippen LogP) is 2.54. The van der Waals surface area contributed by atoms with Crippen LogP contribution < -0.4 is 5.32 Å². The molecule has 1 amide bonds. The van der Waals surface area contributed by atoms with Crippen LogP contribution in [-0.2, 0) is 9.53 Å². The number of carboxylic acid groups (broad SMARTS) is 1. The Labute approximate surface area is 113 Å². The number of hydrogen-bond donors (Lipinski definition) is 2. The van der Waals surface area contributed by atoms with Crippen molar-refractivity contribution < 1.29 is 19.4 Å². The molecule has 0 radical (unpaired) electrons. The van der Waals surface area contributed by atoms with Gasteiger partial charge in [-0.3, -0.25) is 4.79 Å². The monoisotopic (exact) mass is 269 g/mol. The second kappa shape index (κ2) is 4.69. The first-order valence-corrected chi connectivity index (χ1v) is 6.95. The zero-order valence-corrected chi connectivity index (χ0v) is 11.9. The molecule has 0 aromatic carbocycles. The van der Waals surface area contributed by atoms with Gasteiger partial charge in [-0.25, -0.2) is 4.79 Å². The first kappa shape index (κ1) is 14.2. The number of nitrogens with one attached hydrogen (secondary N) is 1. The molecular formula is C14H23NO4. The summed E-state index contributed by atoms with van der Waals surface area (Å²) in [5.74, 6) is 0.0202. The van der Waals surface area contributed by atoms with Crippen LogP contribution >= 0.6 is 0 Å². The molecule has 5 heteroatoms. The van der Waals surface area contributed by atoms with E-state index in [9.17, 15) is 9.59 Å². The van der Waals surface area contributed by atoms with Crippen molar-refractivity contribution in [2.75, 3.05) is 0 Å². The molecule has 1 unspecified atom stereocenters. The van der Waals surface area contributed by atoms with Crippen LogP contribution in [0.4, 0.5) is 4.79 Å². The van der Waals surface area contributed by atoms with E-state index in [1.54, 1.807) is 20.8 Å². The van der Waals surface area contributed by atoms with Crippen molar-refractivity contribution in [3.8, 4) is 0 Å². The fourth-order valence-corrected chi connectivity index (χ4v) is 3.64. The number of amides is 1. The minimum absolute atomic E-state index is 0.00654. The summed E-state index contributed by atoms with van der Waals surface area (Å²) in [6.45, 7) is 5.40. The lowest BCUT2D eigenvalue weighted by Gasteiger charge is -2.52. The predicted molar refractivity (Wildman–Crippen MR) is 69.8 cm³/mol. The fourth-order valence-electron chi connectivity index (χ4n) is 3.64. The Morgan fingerprint density at radius 2 is 2.05 bits per heavy atom. The zero-order valence-electron chi connectivity index (χ0n) is 11.9. The maximum atomic E-state index is 11.9. The quantitative estimate of drug-likeness (QED) is 0.825. The molecular weight excluding hydrogens is 246 g/mol. The maximum Gasteiger partial charge on any atom is 0.408 e. The summed E-state index contributed by atoms with van der Waals surface area (Å²) in [5.41, 5.74) is -1.15. The van der Waals surface area contributed by atoms with Gasteiger partial charge in [0.1, 0.15) is 5.60 Å². The van der Waals surface area contributed by atoms with Crippen LogP contribution in [0.25, 0.3) is 0 Å². The van der Waals surface area contributed by atoms with Gasteiger partial charge >= 0.3 is 12.1 Å². The van der Waals surface area contributed by atoms with E-state index in [0.717, 1.165) is 25.7 Å². The van der Waals surface area contributed by atoms with Crippen LogP contribution in [0, 0.1) is 11.8 Å². The number of carboxylic acids is 1. The average Bonchev–Trinajstić information content (AvgIpc) is 2.55. The number of alkyl carbamates (subject to hydrolysis) is 1. The number of carbonyl (C=O) groups excluding carboxylic acids is 1. The molecule has 0 spiro atoms. The molecule has 0 bridgehead atoms. The number of fused-ring (bicyclic) bond motifs is 1. The Balaban J connectivity index is 2.03. The third-order valence-corrected chi connectivity index (χ3v) is 4.21. The molecule has 19 heavy (non-hydrogen) atoms. The van der Waals surface area contributed by atoms with E-state index in [4.69, 9.17) is 9.84 Å². The highest BCUT2D eigenvalue weighted by molar-refractivity contribution is 5.73. The maximum absolute atomic E-state index is 11.9. The van der Waals surface area contributed by atoms with Crippen LogP contribution in [0.15, 0.2) is 0 Å². The average molecular weight is 269 g/mol. The van der Waals surface area contributed by atoms with E-state index in [1.165, 1.54) is 0 Å². The van der Waals surface area contributed by atoms with E-state index in [2.05, 4.69) is 5.32 Å². The van der Waals surface area contributed by atoms with Gasteiger partial charge < -0.3 is 15.2 Å². The van der Waals surface area contributed by atoms with E-state index >= 15 is 0 Å². The fraction of sp³-hybridized carbons (Fsp3) is 0.857. The van der Waals surface area contributed by atoms with Gasteiger partial charge in [0, 0.05) is 0 Å². The van der Waals surface area contributed by atoms with Gasteiger partial charge in [0.15, 0.2) is 0 Å². The molecule has 0 aromatic rings. The van der Waals surface area contributed by atoms with E-state index < -0.39 is 23.2 Å². The molecule has 3 atom stereocenters. The number of aliphatic carboxylic acids is 1. The summed E-state index contributed by atoms with van der Waals surface area (Å²) in [6, 6.07) is 0. The first-order chi connectivity index (χ1) is 8.72. The van der Waals surface area contributed by atoms with Crippen molar-refractivity contribution in [1.29, 1.82) is 0 Å². The van der Waals surface area contributed by atoms with Crippen LogP contribution in [0.3, 0.4) is 0 Å². The molecule has 0 heterocycles. The molecule has 5 nitrogen and oxygen atoms in total. The Hall–Kier alpha value is -1.26. The second-order valence-corrected chi connectivity index (χ2v) is 6.86. The van der Waals surface area contributed by atoms with Gasteiger partial charge in [0.25, 0.3) is 0 Å². The standard InChI is InChI=1S/C14H23NO4/c1-13(2,3)19-12(18)15-14(8-11(16)17)7-9-5-4-6-10(9)14/h9-10H,4-8H2,1-3H3,(H,15,18)(H,16,17)/t9-,10-,14?/m1/s1. The van der Waals surface area contributed by atoms with Crippen molar-refractivity contribution in [1.82, 2.24) is 5.32 Å². The van der Waals surface area contributed by atoms with Crippen molar-refractivity contribution in [3.05, 3.63) is 0 Å². The van der Waals surface area contributed by atoms with Crippen LogP contribution in [-0.4, -0.2) is 28.3 Å². The molecule has 2 aliphatic rings. The highest BCUT2D eigenvalue weighted by Crippen LogP contribution is 2.55. The molecule has 2 aliphatic carbocycles. The highest BCUT2D eigenvalue weighted by Gasteiger charge is 2.57. The van der Waals surface area contributed by atoms with Crippen LogP contribution in [0.2, 0.25) is 0 Å². The molecule has 2 rings (SSSR count). The Kier molecular flexibility index (Phi) is 3.49. The van der Waals surface area contributed by atoms with Gasteiger partial charge in [-0.05, 0) is 51.9 Å². The summed E-state index contributed by atoms with van der Waals surface area (Å²) >= 11 is 0. The summed E-state index contributed by atoms with van der Waals surface area (Å²) in [4.78, 5) is 23.0. The molecule has 2 saturated carbocycles. The molecule has 0 aliphatic heterocycles.